The SMILES string of the molecule is NC(=O)c1ncccc1C1CCOCC1. The van der Waals surface area contributed by atoms with Crippen molar-refractivity contribution in [3.8, 4) is 0 Å². The molecule has 0 spiro atoms. The van der Waals surface area contributed by atoms with E-state index >= 15 is 0 Å². The van der Waals surface area contributed by atoms with Gasteiger partial charge in [0.15, 0.2) is 0 Å². The van der Waals surface area contributed by atoms with E-state index in [-0.39, 0.29) is 0 Å². The summed E-state index contributed by atoms with van der Waals surface area (Å²) in [5, 5.41) is 0. The van der Waals surface area contributed by atoms with E-state index in [9.17, 15) is 4.79 Å². The molecule has 1 fully saturated rings. The van der Waals surface area contributed by atoms with E-state index in [4.69, 9.17) is 10.5 Å². The van der Waals surface area contributed by atoms with E-state index in [1.54, 1.807) is 6.20 Å². The van der Waals surface area contributed by atoms with Gasteiger partial charge in [-0.2, -0.15) is 0 Å². The minimum atomic E-state index is -0.447. The highest BCUT2D eigenvalue weighted by Gasteiger charge is 2.21. The summed E-state index contributed by atoms with van der Waals surface area (Å²) in [4.78, 5) is 15.2. The molecule has 0 radical (unpaired) electrons. The number of hydrogen-bond donors (Lipinski definition) is 1. The molecule has 0 aliphatic carbocycles. The molecule has 0 atom stereocenters. The standard InChI is InChI=1S/C11H14N2O2/c12-11(14)10-9(2-1-5-13-10)8-3-6-15-7-4-8/h1-2,5,8H,3-4,6-7H2,(H2,12,14). The van der Waals surface area contributed by atoms with Gasteiger partial charge >= 0.3 is 0 Å². The van der Waals surface area contributed by atoms with Gasteiger partial charge in [0, 0.05) is 19.4 Å². The summed E-state index contributed by atoms with van der Waals surface area (Å²) >= 11 is 0. The minimum Gasteiger partial charge on any atom is -0.381 e. The Hall–Kier alpha value is -1.42. The lowest BCUT2D eigenvalue weighted by Gasteiger charge is -2.23. The van der Waals surface area contributed by atoms with Gasteiger partial charge in [-0.15, -0.1) is 0 Å². The molecule has 2 heterocycles. The van der Waals surface area contributed by atoms with Crippen molar-refractivity contribution in [1.29, 1.82) is 0 Å². The molecule has 15 heavy (non-hydrogen) atoms. The van der Waals surface area contributed by atoms with E-state index in [1.165, 1.54) is 0 Å². The van der Waals surface area contributed by atoms with E-state index in [0.717, 1.165) is 31.6 Å². The highest BCUT2D eigenvalue weighted by Crippen LogP contribution is 2.28. The van der Waals surface area contributed by atoms with Crippen molar-refractivity contribution in [2.75, 3.05) is 13.2 Å². The van der Waals surface area contributed by atoms with Crippen LogP contribution in [-0.2, 0) is 4.74 Å². The number of rotatable bonds is 2. The van der Waals surface area contributed by atoms with Gasteiger partial charge in [0.05, 0.1) is 0 Å². The molecular formula is C11H14N2O2. The first-order valence-corrected chi connectivity index (χ1v) is 5.11. The van der Waals surface area contributed by atoms with Crippen LogP contribution < -0.4 is 5.73 Å². The van der Waals surface area contributed by atoms with Crippen molar-refractivity contribution in [2.24, 2.45) is 5.73 Å². The normalized spacial score (nSPS) is 17.6. The van der Waals surface area contributed by atoms with E-state index in [2.05, 4.69) is 4.98 Å². The summed E-state index contributed by atoms with van der Waals surface area (Å²) in [5.41, 5.74) is 6.66. The second-order valence-corrected chi connectivity index (χ2v) is 3.69. The highest BCUT2D eigenvalue weighted by molar-refractivity contribution is 5.92. The van der Waals surface area contributed by atoms with Crippen LogP contribution in [0.25, 0.3) is 0 Å². The molecule has 0 bridgehead atoms. The fourth-order valence-corrected chi connectivity index (χ4v) is 1.96. The first kappa shape index (κ1) is 10.1. The lowest BCUT2D eigenvalue weighted by molar-refractivity contribution is 0.0843. The zero-order valence-electron chi connectivity index (χ0n) is 8.48. The smallest absolute Gasteiger partial charge is 0.267 e. The molecule has 2 rings (SSSR count). The first-order chi connectivity index (χ1) is 7.29. The number of aromatic nitrogens is 1. The van der Waals surface area contributed by atoms with Crippen molar-refractivity contribution < 1.29 is 9.53 Å². The number of ether oxygens (including phenoxy) is 1. The predicted molar refractivity (Wildman–Crippen MR) is 55.5 cm³/mol. The molecule has 4 heteroatoms. The van der Waals surface area contributed by atoms with E-state index in [0.29, 0.717) is 11.6 Å². The molecule has 1 aromatic rings. The van der Waals surface area contributed by atoms with E-state index < -0.39 is 5.91 Å². The van der Waals surface area contributed by atoms with Crippen LogP contribution in [0.4, 0.5) is 0 Å². The maximum Gasteiger partial charge on any atom is 0.267 e. The third-order valence-electron chi connectivity index (χ3n) is 2.73. The van der Waals surface area contributed by atoms with Gasteiger partial charge in [-0.1, -0.05) is 6.07 Å². The Bertz CT molecular complexity index is 359. The van der Waals surface area contributed by atoms with Crippen molar-refractivity contribution >= 4 is 5.91 Å². The van der Waals surface area contributed by atoms with Gasteiger partial charge in [0.2, 0.25) is 0 Å². The Kier molecular flexibility index (Phi) is 2.97. The molecule has 1 aliphatic rings. The fourth-order valence-electron chi connectivity index (χ4n) is 1.96. The number of nitrogens with zero attached hydrogens (tertiary/aromatic N) is 1. The number of hydrogen-bond acceptors (Lipinski definition) is 3. The zero-order valence-corrected chi connectivity index (χ0v) is 8.48. The lowest BCUT2D eigenvalue weighted by Crippen LogP contribution is -2.21. The third-order valence-corrected chi connectivity index (χ3v) is 2.73. The maximum atomic E-state index is 11.2. The number of amides is 1. The van der Waals surface area contributed by atoms with E-state index in [1.807, 2.05) is 12.1 Å². The average molecular weight is 206 g/mol. The largest absolute Gasteiger partial charge is 0.381 e. The first-order valence-electron chi connectivity index (χ1n) is 5.11. The summed E-state index contributed by atoms with van der Waals surface area (Å²) in [7, 11) is 0. The van der Waals surface area contributed by atoms with Crippen LogP contribution in [0.5, 0.6) is 0 Å². The summed E-state index contributed by atoms with van der Waals surface area (Å²) < 4.78 is 5.28. The van der Waals surface area contributed by atoms with Crippen molar-refractivity contribution in [3.63, 3.8) is 0 Å². The van der Waals surface area contributed by atoms with Crippen LogP contribution in [0.1, 0.15) is 34.8 Å². The van der Waals surface area contributed by atoms with Gasteiger partial charge in [-0.25, -0.2) is 0 Å². The average Bonchev–Trinajstić information content (AvgIpc) is 2.30. The molecule has 4 nitrogen and oxygen atoms in total. The molecule has 0 aromatic carbocycles. The van der Waals surface area contributed by atoms with Crippen LogP contribution in [0.3, 0.4) is 0 Å². The molecule has 1 aliphatic heterocycles. The van der Waals surface area contributed by atoms with Gasteiger partial charge in [-0.05, 0) is 30.4 Å². The molecule has 1 amide bonds. The molecule has 2 N–H and O–H groups in total. The quantitative estimate of drug-likeness (QED) is 0.787. The number of carbonyl (C=O) groups is 1. The number of nitrogens with two attached hydrogens (primary N) is 1. The van der Waals surface area contributed by atoms with Gasteiger partial charge in [0.1, 0.15) is 5.69 Å². The van der Waals surface area contributed by atoms with Crippen LogP contribution in [0.2, 0.25) is 0 Å². The fraction of sp³-hybridized carbons (Fsp3) is 0.455. The Labute approximate surface area is 88.4 Å². The molecule has 1 saturated heterocycles. The van der Waals surface area contributed by atoms with Crippen LogP contribution in [-0.4, -0.2) is 24.1 Å². The summed E-state index contributed by atoms with van der Waals surface area (Å²) in [6.07, 6.45) is 3.47. The topological polar surface area (TPSA) is 65.2 Å². The van der Waals surface area contributed by atoms with Crippen LogP contribution in [0, 0.1) is 0 Å². The zero-order chi connectivity index (χ0) is 10.7. The number of pyridine rings is 1. The minimum absolute atomic E-state index is 0.356. The summed E-state index contributed by atoms with van der Waals surface area (Å²) in [6, 6.07) is 3.78. The van der Waals surface area contributed by atoms with Gasteiger partial charge in [-0.3, -0.25) is 9.78 Å². The summed E-state index contributed by atoms with van der Waals surface area (Å²) in [5.74, 6) is -0.0907. The second-order valence-electron chi connectivity index (χ2n) is 3.69. The Balaban J connectivity index is 2.29. The molecule has 80 valence electrons. The number of primary amides is 1. The Morgan fingerprint density at radius 1 is 1.47 bits per heavy atom. The molecule has 0 unspecified atom stereocenters. The number of carbonyl (C=O) groups excluding carboxylic acids is 1. The van der Waals surface area contributed by atoms with Gasteiger partial charge in [0.25, 0.3) is 5.91 Å². The van der Waals surface area contributed by atoms with Crippen molar-refractivity contribution in [1.82, 2.24) is 4.98 Å². The Morgan fingerprint density at radius 3 is 2.87 bits per heavy atom. The molecular weight excluding hydrogens is 192 g/mol. The summed E-state index contributed by atoms with van der Waals surface area (Å²) in [6.45, 7) is 1.50. The van der Waals surface area contributed by atoms with Gasteiger partial charge < -0.3 is 10.5 Å². The van der Waals surface area contributed by atoms with Crippen LogP contribution >= 0.6 is 0 Å². The maximum absolute atomic E-state index is 11.2. The predicted octanol–water partition coefficient (Wildman–Crippen LogP) is 1.07. The monoisotopic (exact) mass is 206 g/mol. The van der Waals surface area contributed by atoms with Crippen molar-refractivity contribution in [2.45, 2.75) is 18.8 Å². The third kappa shape index (κ3) is 2.15. The Morgan fingerprint density at radius 2 is 2.20 bits per heavy atom. The van der Waals surface area contributed by atoms with Crippen molar-refractivity contribution in [3.05, 3.63) is 29.6 Å². The second kappa shape index (κ2) is 4.40. The van der Waals surface area contributed by atoms with Crippen LogP contribution in [0.15, 0.2) is 18.3 Å². The molecule has 0 saturated carbocycles. The lowest BCUT2D eigenvalue weighted by atomic mass is 9.90. The molecule has 1 aromatic heterocycles. The highest BCUT2D eigenvalue weighted by atomic mass is 16.5.